The summed E-state index contributed by atoms with van der Waals surface area (Å²) < 4.78 is 29.2. The van der Waals surface area contributed by atoms with Crippen LogP contribution >= 0.6 is 11.6 Å². The van der Waals surface area contributed by atoms with Crippen LogP contribution in [-0.4, -0.2) is 26.6 Å². The van der Waals surface area contributed by atoms with Crippen LogP contribution in [0.15, 0.2) is 45.9 Å². The van der Waals surface area contributed by atoms with Crippen molar-refractivity contribution in [3.8, 4) is 0 Å². The molecule has 2 rings (SSSR count). The van der Waals surface area contributed by atoms with Crippen LogP contribution in [0.4, 0.5) is 0 Å². The topological polar surface area (TPSA) is 76.4 Å². The Balaban J connectivity index is 1.95. The average molecular weight is 328 g/mol. The third kappa shape index (κ3) is 3.86. The van der Waals surface area contributed by atoms with Gasteiger partial charge in [-0.3, -0.25) is 4.79 Å². The summed E-state index contributed by atoms with van der Waals surface area (Å²) in [4.78, 5) is 12.0. The molecule has 1 N–H and O–H groups in total. The summed E-state index contributed by atoms with van der Waals surface area (Å²) in [7, 11) is -3.45. The van der Waals surface area contributed by atoms with Crippen molar-refractivity contribution < 1.29 is 17.6 Å². The van der Waals surface area contributed by atoms with Crippen molar-refractivity contribution >= 4 is 27.3 Å². The molecule has 0 bridgehead atoms. The smallest absolute Gasteiger partial charge is 0.254 e. The Labute approximate surface area is 127 Å². The molecule has 0 aliphatic heterocycles. The van der Waals surface area contributed by atoms with Crippen molar-refractivity contribution in [2.75, 3.05) is 12.3 Å². The highest BCUT2D eigenvalue weighted by atomic mass is 35.5. The summed E-state index contributed by atoms with van der Waals surface area (Å²) in [6.45, 7) is 1.69. The molecule has 0 aliphatic rings. The number of benzene rings is 1. The lowest BCUT2D eigenvalue weighted by Crippen LogP contribution is -2.29. The molecule has 0 spiro atoms. The molecule has 1 aromatic heterocycles. The van der Waals surface area contributed by atoms with Gasteiger partial charge in [-0.2, -0.15) is 0 Å². The van der Waals surface area contributed by atoms with Crippen LogP contribution in [-0.2, 0) is 9.84 Å². The van der Waals surface area contributed by atoms with Gasteiger partial charge < -0.3 is 9.73 Å². The standard InChI is InChI=1S/C14H14ClNO4S/c1-10-13(6-8-20-10)14(17)16-7-9-21(18,19)12-4-2-11(15)3-5-12/h2-6,8H,7,9H2,1H3,(H,16,17). The normalized spacial score (nSPS) is 11.3. The fraction of sp³-hybridized carbons (Fsp3) is 0.214. The third-order valence-electron chi connectivity index (χ3n) is 2.93. The molecule has 0 atom stereocenters. The number of aryl methyl sites for hydroxylation is 1. The molecule has 0 saturated carbocycles. The maximum absolute atomic E-state index is 12.1. The number of amides is 1. The second kappa shape index (κ2) is 6.32. The molecule has 2 aromatic rings. The van der Waals surface area contributed by atoms with Gasteiger partial charge in [0.25, 0.3) is 5.91 Å². The zero-order valence-corrected chi connectivity index (χ0v) is 12.9. The maximum Gasteiger partial charge on any atom is 0.254 e. The first-order valence-electron chi connectivity index (χ1n) is 6.21. The van der Waals surface area contributed by atoms with E-state index in [-0.39, 0.29) is 23.1 Å². The Hall–Kier alpha value is -1.79. The first kappa shape index (κ1) is 15.6. The molecular formula is C14H14ClNO4S. The largest absolute Gasteiger partial charge is 0.469 e. The minimum atomic E-state index is -3.45. The highest BCUT2D eigenvalue weighted by molar-refractivity contribution is 7.91. The number of nitrogens with one attached hydrogen (secondary N) is 1. The van der Waals surface area contributed by atoms with E-state index in [0.29, 0.717) is 16.3 Å². The Bertz CT molecular complexity index is 735. The number of halogens is 1. The number of carbonyl (C=O) groups excluding carboxylic acids is 1. The fourth-order valence-corrected chi connectivity index (χ4v) is 3.06. The number of furan rings is 1. The average Bonchev–Trinajstić information content (AvgIpc) is 2.85. The number of hydrogen-bond acceptors (Lipinski definition) is 4. The van der Waals surface area contributed by atoms with E-state index in [2.05, 4.69) is 5.32 Å². The predicted molar refractivity (Wildman–Crippen MR) is 79.3 cm³/mol. The van der Waals surface area contributed by atoms with E-state index in [0.717, 1.165) is 0 Å². The molecule has 21 heavy (non-hydrogen) atoms. The molecule has 112 valence electrons. The van der Waals surface area contributed by atoms with E-state index >= 15 is 0 Å². The minimum absolute atomic E-state index is 0.0222. The fourth-order valence-electron chi connectivity index (χ4n) is 1.77. The highest BCUT2D eigenvalue weighted by Crippen LogP contribution is 2.15. The van der Waals surface area contributed by atoms with E-state index < -0.39 is 9.84 Å². The van der Waals surface area contributed by atoms with Crippen molar-refractivity contribution in [3.05, 3.63) is 52.9 Å². The van der Waals surface area contributed by atoms with Crippen molar-refractivity contribution in [2.24, 2.45) is 0 Å². The summed E-state index contributed by atoms with van der Waals surface area (Å²) in [6, 6.07) is 7.46. The predicted octanol–water partition coefficient (Wildman–Crippen LogP) is 2.45. The van der Waals surface area contributed by atoms with Crippen LogP contribution < -0.4 is 5.32 Å². The van der Waals surface area contributed by atoms with Gasteiger partial charge in [-0.15, -0.1) is 0 Å². The molecule has 0 saturated heterocycles. The number of carbonyl (C=O) groups is 1. The molecule has 5 nitrogen and oxygen atoms in total. The zero-order valence-electron chi connectivity index (χ0n) is 11.3. The molecule has 0 unspecified atom stereocenters. The van der Waals surface area contributed by atoms with Gasteiger partial charge in [-0.05, 0) is 37.3 Å². The molecule has 1 heterocycles. The Morgan fingerprint density at radius 2 is 1.90 bits per heavy atom. The molecular weight excluding hydrogens is 314 g/mol. The lowest BCUT2D eigenvalue weighted by atomic mass is 10.2. The molecule has 1 aromatic carbocycles. The number of sulfone groups is 1. The van der Waals surface area contributed by atoms with E-state index in [1.54, 1.807) is 13.0 Å². The van der Waals surface area contributed by atoms with Crippen molar-refractivity contribution in [3.63, 3.8) is 0 Å². The summed E-state index contributed by atoms with van der Waals surface area (Å²) >= 11 is 5.72. The lowest BCUT2D eigenvalue weighted by Gasteiger charge is -2.06. The molecule has 0 fully saturated rings. The van der Waals surface area contributed by atoms with Gasteiger partial charge >= 0.3 is 0 Å². The first-order valence-corrected chi connectivity index (χ1v) is 8.24. The van der Waals surface area contributed by atoms with Gasteiger partial charge in [-0.1, -0.05) is 11.6 Å². The maximum atomic E-state index is 12.1. The van der Waals surface area contributed by atoms with Gasteiger partial charge in [0.1, 0.15) is 5.76 Å². The van der Waals surface area contributed by atoms with Gasteiger partial charge in [0.15, 0.2) is 9.84 Å². The van der Waals surface area contributed by atoms with Crippen LogP contribution in [0.5, 0.6) is 0 Å². The molecule has 0 aliphatic carbocycles. The Morgan fingerprint density at radius 3 is 2.48 bits per heavy atom. The van der Waals surface area contributed by atoms with Crippen LogP contribution in [0.1, 0.15) is 16.1 Å². The summed E-state index contributed by atoms with van der Waals surface area (Å²) in [5.41, 5.74) is 0.402. The van der Waals surface area contributed by atoms with E-state index in [4.69, 9.17) is 16.0 Å². The SMILES string of the molecule is Cc1occc1C(=O)NCCS(=O)(=O)c1ccc(Cl)cc1. The summed E-state index contributed by atoms with van der Waals surface area (Å²) in [5.74, 6) is -0.0438. The Morgan fingerprint density at radius 1 is 1.24 bits per heavy atom. The zero-order chi connectivity index (χ0) is 15.5. The van der Waals surface area contributed by atoms with Gasteiger partial charge in [0.05, 0.1) is 22.5 Å². The van der Waals surface area contributed by atoms with Crippen LogP contribution in [0.25, 0.3) is 0 Å². The van der Waals surface area contributed by atoms with Crippen LogP contribution in [0.3, 0.4) is 0 Å². The number of rotatable bonds is 5. The second-order valence-corrected chi connectivity index (χ2v) is 6.96. The lowest BCUT2D eigenvalue weighted by molar-refractivity contribution is 0.0954. The van der Waals surface area contributed by atoms with Crippen LogP contribution in [0, 0.1) is 6.92 Å². The van der Waals surface area contributed by atoms with Crippen molar-refractivity contribution in [1.82, 2.24) is 5.32 Å². The van der Waals surface area contributed by atoms with Gasteiger partial charge in [0, 0.05) is 11.6 Å². The van der Waals surface area contributed by atoms with E-state index in [9.17, 15) is 13.2 Å². The molecule has 7 heteroatoms. The van der Waals surface area contributed by atoms with E-state index in [1.807, 2.05) is 0 Å². The monoisotopic (exact) mass is 327 g/mol. The third-order valence-corrected chi connectivity index (χ3v) is 4.92. The summed E-state index contributed by atoms with van der Waals surface area (Å²) in [6.07, 6.45) is 1.41. The molecule has 0 radical (unpaired) electrons. The van der Waals surface area contributed by atoms with E-state index in [1.165, 1.54) is 30.5 Å². The van der Waals surface area contributed by atoms with Crippen molar-refractivity contribution in [1.29, 1.82) is 0 Å². The van der Waals surface area contributed by atoms with Crippen molar-refractivity contribution in [2.45, 2.75) is 11.8 Å². The second-order valence-electron chi connectivity index (χ2n) is 4.42. The van der Waals surface area contributed by atoms with Gasteiger partial charge in [-0.25, -0.2) is 8.42 Å². The highest BCUT2D eigenvalue weighted by Gasteiger charge is 2.16. The first-order chi connectivity index (χ1) is 9.90. The quantitative estimate of drug-likeness (QED) is 0.915. The minimum Gasteiger partial charge on any atom is -0.469 e. The van der Waals surface area contributed by atoms with Crippen LogP contribution in [0.2, 0.25) is 5.02 Å². The molecule has 1 amide bonds. The number of hydrogen-bond donors (Lipinski definition) is 1. The Kier molecular flexibility index (Phi) is 4.69. The summed E-state index contributed by atoms with van der Waals surface area (Å²) in [5, 5.41) is 3.03. The van der Waals surface area contributed by atoms with Gasteiger partial charge in [0.2, 0.25) is 0 Å².